The van der Waals surface area contributed by atoms with Crippen LogP contribution in [0.1, 0.15) is 22.3 Å². The third-order valence-electron chi connectivity index (χ3n) is 14.1. The van der Waals surface area contributed by atoms with Crippen molar-refractivity contribution < 1.29 is 0 Å². The Bertz CT molecular complexity index is 4150. The highest BCUT2D eigenvalue weighted by Crippen LogP contribution is 2.54. The Kier molecular flexibility index (Phi) is 7.03. The second kappa shape index (κ2) is 13.1. The molecule has 0 saturated carbocycles. The summed E-state index contributed by atoms with van der Waals surface area (Å²) in [5.41, 5.74) is 18.9. The van der Waals surface area contributed by atoms with Gasteiger partial charge in [-0.1, -0.05) is 140 Å². The molecule has 0 saturated heterocycles. The summed E-state index contributed by atoms with van der Waals surface area (Å²) in [4.78, 5) is 20.8. The predicted octanol–water partition coefficient (Wildman–Crippen LogP) is 13.6. The lowest BCUT2D eigenvalue weighted by Crippen LogP contribution is -2.35. The molecule has 1 aliphatic rings. The van der Waals surface area contributed by atoms with Gasteiger partial charge in [-0.15, -0.1) is 0 Å². The third kappa shape index (κ3) is 4.60. The van der Waals surface area contributed by atoms with E-state index in [4.69, 9.17) is 19.9 Å². The van der Waals surface area contributed by atoms with E-state index in [1.165, 1.54) is 49.7 Å². The first-order valence-corrected chi connectivity index (χ1v) is 22.4. The van der Waals surface area contributed by atoms with Gasteiger partial charge in [0.05, 0.1) is 55.2 Å². The molecule has 0 amide bonds. The SMILES string of the molecule is c1ccc2c(c1)-n1c3ccccc3c3cccc(c31)C2(c1ccc(-n2c3ccccc3c3nc4ccccc4nc32)cc1)c1ccc(-n2c3ccccc3c3nc4ccccc4nc32)cc1. The lowest BCUT2D eigenvalue weighted by Gasteiger charge is -2.41. The molecule has 15 rings (SSSR count). The summed E-state index contributed by atoms with van der Waals surface area (Å²) >= 11 is 0. The first-order chi connectivity index (χ1) is 32.7. The highest BCUT2D eigenvalue weighted by Gasteiger charge is 2.45. The van der Waals surface area contributed by atoms with E-state index in [2.05, 4.69) is 177 Å². The molecule has 0 aliphatic carbocycles. The number of hydrogen-bond donors (Lipinski definition) is 0. The molecule has 7 nitrogen and oxygen atoms in total. The van der Waals surface area contributed by atoms with Crippen LogP contribution in [-0.2, 0) is 5.41 Å². The van der Waals surface area contributed by atoms with Crippen LogP contribution in [0.4, 0.5) is 0 Å². The van der Waals surface area contributed by atoms with Crippen LogP contribution < -0.4 is 0 Å². The van der Waals surface area contributed by atoms with Crippen LogP contribution in [0.3, 0.4) is 0 Å². The number of fused-ring (bicyclic) bond motifs is 13. The van der Waals surface area contributed by atoms with Crippen molar-refractivity contribution >= 4 is 88.0 Å². The van der Waals surface area contributed by atoms with Crippen LogP contribution >= 0.6 is 0 Å². The van der Waals surface area contributed by atoms with Crippen molar-refractivity contribution in [2.75, 3.05) is 0 Å². The summed E-state index contributed by atoms with van der Waals surface area (Å²) in [6, 6.07) is 76.3. The maximum Gasteiger partial charge on any atom is 0.165 e. The van der Waals surface area contributed by atoms with Gasteiger partial charge < -0.3 is 4.57 Å². The van der Waals surface area contributed by atoms with E-state index >= 15 is 0 Å². The molecule has 14 aromatic rings. The molecule has 0 radical (unpaired) electrons. The Morgan fingerprint density at radius 2 is 0.712 bits per heavy atom. The summed E-state index contributed by atoms with van der Waals surface area (Å²) < 4.78 is 7.01. The normalized spacial score (nSPS) is 13.3. The van der Waals surface area contributed by atoms with Gasteiger partial charge in [0.15, 0.2) is 11.3 Å². The second-order valence-electron chi connectivity index (χ2n) is 17.4. The first kappa shape index (κ1) is 35.5. The van der Waals surface area contributed by atoms with Crippen LogP contribution in [-0.4, -0.2) is 33.6 Å². The standard InChI is InChI=1S/C59H35N7/c1-9-24-50-40(14-1)41-17-13-19-45-56(41)66(50)53-27-12-4-18-44(53)59(45,36-28-32-38(33-29-36)64-51-25-10-2-15-42(51)54-57(64)62-48-22-7-5-20-46(48)60-54)37-30-34-39(35-31-37)65-52-26-11-3-16-43(52)55-58(65)63-49-23-8-6-21-47(49)61-55/h1-35H. The third-order valence-corrected chi connectivity index (χ3v) is 14.1. The average Bonchev–Trinajstić information content (AvgIpc) is 4.01. The lowest BCUT2D eigenvalue weighted by molar-refractivity contribution is 0.727. The first-order valence-electron chi connectivity index (χ1n) is 22.4. The second-order valence-corrected chi connectivity index (χ2v) is 17.4. The number of para-hydroxylation sites is 9. The fourth-order valence-electron chi connectivity index (χ4n) is 11.4. The lowest BCUT2D eigenvalue weighted by atomic mass is 9.63. The quantitative estimate of drug-likeness (QED) is 0.177. The molecular formula is C59H35N7. The average molecular weight is 842 g/mol. The molecule has 9 aromatic carbocycles. The monoisotopic (exact) mass is 841 g/mol. The van der Waals surface area contributed by atoms with Crippen molar-refractivity contribution in [2.24, 2.45) is 0 Å². The van der Waals surface area contributed by atoms with Gasteiger partial charge in [-0.3, -0.25) is 9.13 Å². The molecule has 0 unspecified atom stereocenters. The zero-order valence-corrected chi connectivity index (χ0v) is 35.3. The molecule has 0 atom stereocenters. The van der Waals surface area contributed by atoms with E-state index in [0.717, 1.165) is 77.6 Å². The zero-order valence-electron chi connectivity index (χ0n) is 35.3. The van der Waals surface area contributed by atoms with Gasteiger partial charge in [0.25, 0.3) is 0 Å². The smallest absolute Gasteiger partial charge is 0.165 e. The minimum atomic E-state index is -0.703. The fourth-order valence-corrected chi connectivity index (χ4v) is 11.4. The van der Waals surface area contributed by atoms with Crippen LogP contribution in [0, 0.1) is 0 Å². The molecule has 0 spiro atoms. The largest absolute Gasteiger partial charge is 0.309 e. The summed E-state index contributed by atoms with van der Waals surface area (Å²) in [7, 11) is 0. The number of rotatable bonds is 4. The van der Waals surface area contributed by atoms with E-state index in [9.17, 15) is 0 Å². The molecule has 6 heterocycles. The Morgan fingerprint density at radius 3 is 1.26 bits per heavy atom. The molecule has 0 bridgehead atoms. The number of hydrogen-bond acceptors (Lipinski definition) is 4. The topological polar surface area (TPSA) is 66.3 Å². The Balaban J connectivity index is 0.997. The Labute approximate surface area is 377 Å². The fraction of sp³-hybridized carbons (Fsp3) is 0.0169. The van der Waals surface area contributed by atoms with Crippen molar-refractivity contribution in [3.8, 4) is 17.1 Å². The van der Waals surface area contributed by atoms with Gasteiger partial charge in [-0.25, -0.2) is 19.9 Å². The molecule has 306 valence electrons. The number of nitrogens with zero attached hydrogens (tertiary/aromatic N) is 7. The van der Waals surface area contributed by atoms with Crippen molar-refractivity contribution in [2.45, 2.75) is 5.41 Å². The molecule has 1 aliphatic heterocycles. The van der Waals surface area contributed by atoms with Crippen LogP contribution in [0.5, 0.6) is 0 Å². The molecule has 0 fully saturated rings. The molecule has 0 N–H and O–H groups in total. The highest BCUT2D eigenvalue weighted by molar-refractivity contribution is 6.13. The molecule has 66 heavy (non-hydrogen) atoms. The maximum atomic E-state index is 5.24. The Morgan fingerprint density at radius 1 is 0.303 bits per heavy atom. The van der Waals surface area contributed by atoms with E-state index in [0.29, 0.717) is 0 Å². The Hall–Kier alpha value is -8.94. The highest BCUT2D eigenvalue weighted by atomic mass is 15.1. The summed E-state index contributed by atoms with van der Waals surface area (Å²) in [6.45, 7) is 0. The van der Waals surface area contributed by atoms with Crippen molar-refractivity contribution in [1.29, 1.82) is 0 Å². The predicted molar refractivity (Wildman–Crippen MR) is 268 cm³/mol. The van der Waals surface area contributed by atoms with E-state index in [1.54, 1.807) is 0 Å². The van der Waals surface area contributed by atoms with E-state index in [-0.39, 0.29) is 0 Å². The van der Waals surface area contributed by atoms with Gasteiger partial charge >= 0.3 is 0 Å². The van der Waals surface area contributed by atoms with Crippen molar-refractivity contribution in [3.05, 3.63) is 235 Å². The molecule has 5 aromatic heterocycles. The van der Waals surface area contributed by atoms with Gasteiger partial charge in [0.2, 0.25) is 0 Å². The van der Waals surface area contributed by atoms with Gasteiger partial charge in [0.1, 0.15) is 11.0 Å². The summed E-state index contributed by atoms with van der Waals surface area (Å²) in [5.74, 6) is 0. The summed E-state index contributed by atoms with van der Waals surface area (Å²) in [5, 5.41) is 4.64. The minimum Gasteiger partial charge on any atom is -0.309 e. The van der Waals surface area contributed by atoms with Crippen LogP contribution in [0.15, 0.2) is 212 Å². The van der Waals surface area contributed by atoms with E-state index in [1.807, 2.05) is 48.5 Å². The number of aromatic nitrogens is 7. The van der Waals surface area contributed by atoms with Crippen molar-refractivity contribution in [1.82, 2.24) is 33.6 Å². The minimum absolute atomic E-state index is 0.703. The zero-order chi connectivity index (χ0) is 43.1. The van der Waals surface area contributed by atoms with Gasteiger partial charge in [-0.2, -0.15) is 0 Å². The van der Waals surface area contributed by atoms with Gasteiger partial charge in [0, 0.05) is 32.9 Å². The van der Waals surface area contributed by atoms with E-state index < -0.39 is 5.41 Å². The maximum absolute atomic E-state index is 5.24. The van der Waals surface area contributed by atoms with Crippen molar-refractivity contribution in [3.63, 3.8) is 0 Å². The summed E-state index contributed by atoms with van der Waals surface area (Å²) in [6.07, 6.45) is 0. The molecular weight excluding hydrogens is 807 g/mol. The van der Waals surface area contributed by atoms with Crippen LogP contribution in [0.2, 0.25) is 0 Å². The van der Waals surface area contributed by atoms with Gasteiger partial charge in [-0.05, 0) is 95.1 Å². The molecule has 7 heteroatoms. The number of benzene rings is 9. The van der Waals surface area contributed by atoms with Crippen LogP contribution in [0.25, 0.3) is 105 Å².